The number of aryl methyl sites for hydroxylation is 1. The molecule has 2 atom stereocenters. The first-order chi connectivity index (χ1) is 12.3. The molecule has 5 nitrogen and oxygen atoms in total. The first-order valence-electron chi connectivity index (χ1n) is 9.16. The maximum Gasteiger partial charge on any atom is 0.0892 e. The van der Waals surface area contributed by atoms with Crippen LogP contribution in [0.2, 0.25) is 0 Å². The van der Waals surface area contributed by atoms with Gasteiger partial charge in [-0.15, -0.1) is 0 Å². The molecule has 0 amide bonds. The second-order valence-electron chi connectivity index (χ2n) is 7.18. The topological polar surface area (TPSA) is 41.5 Å². The summed E-state index contributed by atoms with van der Waals surface area (Å²) in [4.78, 5) is 13.9. The van der Waals surface area contributed by atoms with E-state index in [0.29, 0.717) is 18.8 Å². The van der Waals surface area contributed by atoms with Crippen LogP contribution in [0.25, 0.3) is 0 Å². The molecule has 0 aromatic carbocycles. The van der Waals surface area contributed by atoms with Crippen LogP contribution in [0.3, 0.4) is 0 Å². The molecule has 0 unspecified atom stereocenters. The zero-order valence-electron chi connectivity index (χ0n) is 14.8. The summed E-state index contributed by atoms with van der Waals surface area (Å²) in [6.45, 7) is 8.07. The molecule has 4 rings (SSSR count). The predicted molar refractivity (Wildman–Crippen MR) is 97.0 cm³/mol. The summed E-state index contributed by atoms with van der Waals surface area (Å²) in [6.07, 6.45) is 5.26. The summed E-state index contributed by atoms with van der Waals surface area (Å²) in [6, 6.07) is 10.9. The monoisotopic (exact) mass is 338 g/mol. The first kappa shape index (κ1) is 16.6. The van der Waals surface area contributed by atoms with Gasteiger partial charge < -0.3 is 4.74 Å². The third-order valence-electron chi connectivity index (χ3n) is 5.20. The van der Waals surface area contributed by atoms with E-state index in [4.69, 9.17) is 4.74 Å². The van der Waals surface area contributed by atoms with E-state index in [2.05, 4.69) is 31.9 Å². The number of fused-ring (bicyclic) bond motifs is 1. The lowest BCUT2D eigenvalue weighted by molar-refractivity contribution is 0.0439. The van der Waals surface area contributed by atoms with Gasteiger partial charge in [0.2, 0.25) is 0 Å². The Labute approximate surface area is 149 Å². The average Bonchev–Trinajstić information content (AvgIpc) is 3.03. The van der Waals surface area contributed by atoms with Crippen LogP contribution in [-0.2, 0) is 17.9 Å². The van der Waals surface area contributed by atoms with Gasteiger partial charge in [0.1, 0.15) is 0 Å². The number of nitrogens with zero attached hydrogens (tertiary/aromatic N) is 4. The van der Waals surface area contributed by atoms with Crippen LogP contribution in [-0.4, -0.2) is 58.1 Å². The maximum atomic E-state index is 6.16. The molecule has 2 saturated heterocycles. The third-order valence-corrected chi connectivity index (χ3v) is 5.20. The smallest absolute Gasteiger partial charge is 0.0892 e. The lowest BCUT2D eigenvalue weighted by Gasteiger charge is -2.37. The summed E-state index contributed by atoms with van der Waals surface area (Å²) in [5.41, 5.74) is 3.38. The lowest BCUT2D eigenvalue weighted by Crippen LogP contribution is -2.49. The van der Waals surface area contributed by atoms with Crippen molar-refractivity contribution in [2.45, 2.75) is 38.6 Å². The van der Waals surface area contributed by atoms with Gasteiger partial charge in [0, 0.05) is 56.9 Å². The van der Waals surface area contributed by atoms with E-state index in [1.54, 1.807) is 0 Å². The van der Waals surface area contributed by atoms with Gasteiger partial charge in [0.05, 0.1) is 18.4 Å². The number of piperazine rings is 1. The summed E-state index contributed by atoms with van der Waals surface area (Å²) < 4.78 is 6.16. The van der Waals surface area contributed by atoms with Crippen molar-refractivity contribution in [3.63, 3.8) is 0 Å². The summed E-state index contributed by atoms with van der Waals surface area (Å²) in [7, 11) is 0. The highest BCUT2D eigenvalue weighted by atomic mass is 16.5. The molecule has 0 saturated carbocycles. The molecule has 2 aromatic rings. The zero-order valence-corrected chi connectivity index (χ0v) is 14.8. The Hall–Kier alpha value is -1.82. The highest BCUT2D eigenvalue weighted by Gasteiger charge is 2.36. The number of rotatable bonds is 5. The zero-order chi connectivity index (χ0) is 17.1. The normalized spacial score (nSPS) is 24.4. The second kappa shape index (κ2) is 7.60. The van der Waals surface area contributed by atoms with Gasteiger partial charge in [0.15, 0.2) is 0 Å². The fraction of sp³-hybridized carbons (Fsp3) is 0.500. The van der Waals surface area contributed by atoms with E-state index in [1.807, 2.05) is 37.5 Å². The molecule has 2 aliphatic rings. The maximum absolute atomic E-state index is 6.16. The van der Waals surface area contributed by atoms with Crippen molar-refractivity contribution in [3.05, 3.63) is 59.7 Å². The second-order valence-corrected chi connectivity index (χ2v) is 7.18. The third kappa shape index (κ3) is 4.24. The molecule has 2 aromatic heterocycles. The Morgan fingerprint density at radius 3 is 2.96 bits per heavy atom. The summed E-state index contributed by atoms with van der Waals surface area (Å²) >= 11 is 0. The molecule has 0 bridgehead atoms. The Kier molecular flexibility index (Phi) is 5.06. The minimum atomic E-state index is 0.325. The molecule has 0 aliphatic carbocycles. The standard InChI is InChI=1S/C20H26N4O/c1-16-4-2-6-18(22-16)15-25-20-10-19-13-23(8-9-24(19)14-20)12-17-5-3-7-21-11-17/h2-7,11,19-20H,8-10,12-15H2,1H3/t19-,20-/m1/s1. The summed E-state index contributed by atoms with van der Waals surface area (Å²) in [5, 5.41) is 0. The van der Waals surface area contributed by atoms with Crippen LogP contribution in [0.15, 0.2) is 42.7 Å². The van der Waals surface area contributed by atoms with Crippen molar-refractivity contribution in [2.24, 2.45) is 0 Å². The van der Waals surface area contributed by atoms with Gasteiger partial charge in [-0.3, -0.25) is 19.8 Å². The van der Waals surface area contributed by atoms with E-state index in [0.717, 1.165) is 50.5 Å². The fourth-order valence-electron chi connectivity index (χ4n) is 3.96. The van der Waals surface area contributed by atoms with E-state index < -0.39 is 0 Å². The number of pyridine rings is 2. The quantitative estimate of drug-likeness (QED) is 0.836. The predicted octanol–water partition coefficient (Wildman–Crippen LogP) is 2.26. The van der Waals surface area contributed by atoms with Gasteiger partial charge in [-0.2, -0.15) is 0 Å². The van der Waals surface area contributed by atoms with Crippen LogP contribution in [0.1, 0.15) is 23.4 Å². The number of aromatic nitrogens is 2. The Balaban J connectivity index is 1.28. The largest absolute Gasteiger partial charge is 0.371 e. The molecule has 2 aliphatic heterocycles. The minimum Gasteiger partial charge on any atom is -0.371 e. The fourth-order valence-corrected chi connectivity index (χ4v) is 3.96. The van der Waals surface area contributed by atoms with Gasteiger partial charge in [-0.05, 0) is 37.1 Å². The Bertz CT molecular complexity index is 693. The molecule has 2 fully saturated rings. The minimum absolute atomic E-state index is 0.325. The highest BCUT2D eigenvalue weighted by molar-refractivity contribution is 5.10. The van der Waals surface area contributed by atoms with E-state index >= 15 is 0 Å². The van der Waals surface area contributed by atoms with Crippen molar-refractivity contribution in [1.29, 1.82) is 0 Å². The molecule has 0 N–H and O–H groups in total. The van der Waals surface area contributed by atoms with E-state index in [1.165, 1.54) is 5.56 Å². The molecule has 25 heavy (non-hydrogen) atoms. The highest BCUT2D eigenvalue weighted by Crippen LogP contribution is 2.25. The van der Waals surface area contributed by atoms with E-state index in [9.17, 15) is 0 Å². The number of hydrogen-bond acceptors (Lipinski definition) is 5. The molecule has 4 heterocycles. The van der Waals surface area contributed by atoms with Crippen molar-refractivity contribution in [1.82, 2.24) is 19.8 Å². The molecule has 0 radical (unpaired) electrons. The molecule has 5 heteroatoms. The molecule has 132 valence electrons. The van der Waals surface area contributed by atoms with Crippen LogP contribution >= 0.6 is 0 Å². The van der Waals surface area contributed by atoms with Gasteiger partial charge >= 0.3 is 0 Å². The van der Waals surface area contributed by atoms with Crippen LogP contribution in [0.5, 0.6) is 0 Å². The van der Waals surface area contributed by atoms with Crippen LogP contribution in [0.4, 0.5) is 0 Å². The van der Waals surface area contributed by atoms with Crippen molar-refractivity contribution < 1.29 is 4.74 Å². The van der Waals surface area contributed by atoms with Crippen molar-refractivity contribution >= 4 is 0 Å². The van der Waals surface area contributed by atoms with E-state index in [-0.39, 0.29) is 0 Å². The molecular formula is C20H26N4O. The lowest BCUT2D eigenvalue weighted by atomic mass is 10.1. The van der Waals surface area contributed by atoms with Crippen molar-refractivity contribution in [3.8, 4) is 0 Å². The number of ether oxygens (including phenoxy) is 1. The first-order valence-corrected chi connectivity index (χ1v) is 9.16. The number of hydrogen-bond donors (Lipinski definition) is 0. The molecular weight excluding hydrogens is 312 g/mol. The summed E-state index contributed by atoms with van der Waals surface area (Å²) in [5.74, 6) is 0. The SMILES string of the molecule is Cc1cccc(CO[C@@H]2C[C@@H]3CN(Cc4cccnc4)CCN3C2)n1. The van der Waals surface area contributed by atoms with Crippen molar-refractivity contribution in [2.75, 3.05) is 26.2 Å². The van der Waals surface area contributed by atoms with Crippen LogP contribution < -0.4 is 0 Å². The average molecular weight is 338 g/mol. The molecule has 0 spiro atoms. The van der Waals surface area contributed by atoms with Crippen LogP contribution in [0, 0.1) is 6.92 Å². The van der Waals surface area contributed by atoms with Gasteiger partial charge in [-0.25, -0.2) is 0 Å². The van der Waals surface area contributed by atoms with Gasteiger partial charge in [-0.1, -0.05) is 12.1 Å². The Morgan fingerprint density at radius 1 is 1.16 bits per heavy atom. The Morgan fingerprint density at radius 2 is 2.12 bits per heavy atom. The van der Waals surface area contributed by atoms with Gasteiger partial charge in [0.25, 0.3) is 0 Å².